The van der Waals surface area contributed by atoms with E-state index in [2.05, 4.69) is 85.4 Å². The van der Waals surface area contributed by atoms with Crippen molar-refractivity contribution in [2.45, 2.75) is 123 Å². The lowest BCUT2D eigenvalue weighted by molar-refractivity contribution is -0.129. The molecule has 1 aliphatic heterocycles. The molecule has 31 heavy (non-hydrogen) atoms. The maximum atomic E-state index is 7.96. The Balaban J connectivity index is 2.06. The first-order chi connectivity index (χ1) is 13.8. The maximum absolute atomic E-state index is 7.96. The summed E-state index contributed by atoms with van der Waals surface area (Å²) in [4.78, 5) is 0. The van der Waals surface area contributed by atoms with Crippen LogP contribution >= 0.6 is 0 Å². The van der Waals surface area contributed by atoms with E-state index in [9.17, 15) is 0 Å². The van der Waals surface area contributed by atoms with Crippen molar-refractivity contribution in [3.8, 4) is 0 Å². The second kappa shape index (κ2) is 6.83. The first kappa shape index (κ1) is 24.7. The molecule has 0 aromatic rings. The Morgan fingerprint density at radius 3 is 1.45 bits per heavy atom. The second-order valence-corrected chi connectivity index (χ2v) is 47.5. The van der Waals surface area contributed by atoms with Crippen LogP contribution in [0.5, 0.6) is 0 Å². The van der Waals surface area contributed by atoms with E-state index in [-0.39, 0.29) is 10.6 Å². The van der Waals surface area contributed by atoms with Crippen LogP contribution in [-0.4, -0.2) is 35.8 Å². The van der Waals surface area contributed by atoms with Crippen LogP contribution in [0, 0.1) is 28.6 Å². The maximum Gasteiger partial charge on any atom is 0.184 e. The Hall–Kier alpha value is 0.568. The third-order valence-electron chi connectivity index (χ3n) is 9.71. The summed E-state index contributed by atoms with van der Waals surface area (Å²) in [6, 6.07) is 0. The smallest absolute Gasteiger partial charge is 0.184 e. The molecule has 4 fully saturated rings. The van der Waals surface area contributed by atoms with Crippen LogP contribution in [-0.2, 0) is 4.43 Å². The zero-order chi connectivity index (χ0) is 23.5. The van der Waals surface area contributed by atoms with Crippen LogP contribution in [0.15, 0.2) is 11.3 Å². The fraction of sp³-hybridized carbons (Fsp3) is 0.923. The van der Waals surface area contributed by atoms with Crippen molar-refractivity contribution in [1.29, 1.82) is 0 Å². The van der Waals surface area contributed by atoms with E-state index >= 15 is 0 Å². The summed E-state index contributed by atoms with van der Waals surface area (Å²) in [5.41, 5.74) is 5.47. The summed E-state index contributed by atoms with van der Waals surface area (Å²) in [7, 11) is -6.40. The average molecular weight is 493 g/mol. The minimum Gasteiger partial charge on any atom is -0.411 e. The number of rotatable bonds is 5. The Bertz CT molecular complexity index is 722. The zero-order valence-corrected chi connectivity index (χ0v) is 27.0. The zero-order valence-electron chi connectivity index (χ0n) is 23.0. The van der Waals surface area contributed by atoms with Gasteiger partial charge in [0.25, 0.3) is 0 Å². The van der Waals surface area contributed by atoms with Gasteiger partial charge < -0.3 is 4.43 Å². The van der Waals surface area contributed by atoms with E-state index in [1.807, 2.05) is 0 Å². The highest BCUT2D eigenvalue weighted by molar-refractivity contribution is 7.72. The Morgan fingerprint density at radius 2 is 1.16 bits per heavy atom. The van der Waals surface area contributed by atoms with Crippen molar-refractivity contribution in [1.82, 2.24) is 0 Å². The van der Waals surface area contributed by atoms with Crippen molar-refractivity contribution in [2.24, 2.45) is 28.6 Å². The normalized spacial score (nSPS) is 40.0. The van der Waals surface area contributed by atoms with Crippen molar-refractivity contribution < 1.29 is 4.43 Å². The average Bonchev–Trinajstić information content (AvgIpc) is 2.44. The van der Waals surface area contributed by atoms with Gasteiger partial charge in [-0.05, 0) is 92.3 Å². The van der Waals surface area contributed by atoms with Crippen LogP contribution in [0.2, 0.25) is 58.9 Å². The molecule has 1 nitrogen and oxygen atoms in total. The quantitative estimate of drug-likeness (QED) is 0.352. The van der Waals surface area contributed by atoms with Crippen LogP contribution in [0.25, 0.3) is 0 Å². The molecule has 0 saturated heterocycles. The molecule has 1 unspecified atom stereocenters. The molecule has 4 bridgehead atoms. The number of hydrogen-bond acceptors (Lipinski definition) is 1. The summed E-state index contributed by atoms with van der Waals surface area (Å²) in [6.45, 7) is 31.5. The fourth-order valence-electron chi connectivity index (χ4n) is 9.86. The van der Waals surface area contributed by atoms with Gasteiger partial charge in [0.15, 0.2) is 8.32 Å². The summed E-state index contributed by atoms with van der Waals surface area (Å²) >= 11 is 0. The molecule has 0 radical (unpaired) electrons. The minimum absolute atomic E-state index is 0.133. The Morgan fingerprint density at radius 1 is 0.774 bits per heavy atom. The molecule has 0 amide bonds. The lowest BCUT2D eigenvalue weighted by Gasteiger charge is -2.78. The lowest BCUT2D eigenvalue weighted by Crippen LogP contribution is -2.93. The summed E-state index contributed by atoms with van der Waals surface area (Å²) in [5, 5.41) is 0.133. The monoisotopic (exact) mass is 492 g/mol. The minimum atomic E-state index is -1.77. The highest BCUT2D eigenvalue weighted by Crippen LogP contribution is 2.73. The number of hydrogen-bond donors (Lipinski definition) is 0. The lowest BCUT2D eigenvalue weighted by atomic mass is 9.46. The Labute approximate surface area is 197 Å². The van der Waals surface area contributed by atoms with E-state index in [0.29, 0.717) is 5.41 Å². The van der Waals surface area contributed by atoms with E-state index in [0.717, 1.165) is 17.8 Å². The van der Waals surface area contributed by atoms with Gasteiger partial charge in [-0.2, -0.15) is 0 Å². The molecule has 1 atom stereocenters. The highest BCUT2D eigenvalue weighted by atomic mass is 29.6. The molecule has 0 aromatic heterocycles. The standard InChI is InChI=1S/C26H52OSi4/c1-24(2,3)23-19-31(29(7,8)9,30(10,11)12)26(23,27-28(4,5)6)25-16-20-13-21(17-25)15-22(14-20)18-25/h19-22H,13-18H2,1-12H3. The van der Waals surface area contributed by atoms with Gasteiger partial charge in [-0.15, -0.1) is 0 Å². The van der Waals surface area contributed by atoms with Gasteiger partial charge in [-0.3, -0.25) is 0 Å². The van der Waals surface area contributed by atoms with Crippen LogP contribution in [0.3, 0.4) is 0 Å². The molecule has 1 heterocycles. The highest BCUT2D eigenvalue weighted by Gasteiger charge is 2.80. The molecule has 0 spiro atoms. The predicted octanol–water partition coefficient (Wildman–Crippen LogP) is 8.14. The van der Waals surface area contributed by atoms with Gasteiger partial charge in [0.2, 0.25) is 0 Å². The van der Waals surface area contributed by atoms with E-state index in [1.165, 1.54) is 38.5 Å². The van der Waals surface area contributed by atoms with Crippen LogP contribution in [0.4, 0.5) is 0 Å². The second-order valence-electron chi connectivity index (χ2n) is 16.2. The summed E-state index contributed by atoms with van der Waals surface area (Å²) in [6.07, 6.45) is 9.06. The molecule has 0 aromatic carbocycles. The van der Waals surface area contributed by atoms with Gasteiger partial charge in [0, 0.05) is 15.2 Å². The third kappa shape index (κ3) is 3.33. The van der Waals surface area contributed by atoms with Crippen molar-refractivity contribution >= 4 is 30.6 Å². The van der Waals surface area contributed by atoms with Gasteiger partial charge in [-0.25, -0.2) is 0 Å². The largest absolute Gasteiger partial charge is 0.411 e. The molecule has 4 aliphatic carbocycles. The van der Waals surface area contributed by atoms with Crippen molar-refractivity contribution in [3.63, 3.8) is 0 Å². The van der Waals surface area contributed by atoms with Gasteiger partial charge in [0.05, 0.1) is 5.22 Å². The van der Waals surface area contributed by atoms with Crippen molar-refractivity contribution in [3.05, 3.63) is 11.3 Å². The SMILES string of the molecule is CC(C)(C)C1=C[Si]([Si](C)(C)C)([Si](C)(C)C)C1(O[Si](C)(C)C)C12CC3CC(CC(C3)C1)C2. The first-order valence-corrected chi connectivity index (χ1v) is 27.7. The summed E-state index contributed by atoms with van der Waals surface area (Å²) in [5.74, 6) is 2.97. The van der Waals surface area contributed by atoms with Gasteiger partial charge in [-0.1, -0.05) is 65.8 Å². The topological polar surface area (TPSA) is 9.23 Å². The molecule has 178 valence electrons. The van der Waals surface area contributed by atoms with E-state index < -0.39 is 30.6 Å². The molecule has 5 rings (SSSR count). The van der Waals surface area contributed by atoms with Gasteiger partial charge >= 0.3 is 0 Å². The first-order valence-electron chi connectivity index (χ1n) is 13.2. The fourth-order valence-corrected chi connectivity index (χ4v) is 61.1. The molecule has 0 N–H and O–H groups in total. The molecule has 4 saturated carbocycles. The van der Waals surface area contributed by atoms with E-state index in [4.69, 9.17) is 4.43 Å². The Kier molecular flexibility index (Phi) is 5.44. The molecular formula is C26H52OSi4. The molecular weight excluding hydrogens is 441 g/mol. The molecule has 5 heteroatoms. The van der Waals surface area contributed by atoms with Crippen LogP contribution < -0.4 is 0 Å². The van der Waals surface area contributed by atoms with E-state index in [1.54, 1.807) is 5.57 Å². The van der Waals surface area contributed by atoms with Crippen molar-refractivity contribution in [2.75, 3.05) is 0 Å². The predicted molar refractivity (Wildman–Crippen MR) is 148 cm³/mol. The van der Waals surface area contributed by atoms with Crippen LogP contribution in [0.1, 0.15) is 59.3 Å². The summed E-state index contributed by atoms with van der Waals surface area (Å²) < 4.78 is 7.96. The molecule has 5 aliphatic rings. The third-order valence-corrected chi connectivity index (χ3v) is 49.0. The van der Waals surface area contributed by atoms with Gasteiger partial charge in [0.1, 0.15) is 7.11 Å².